The summed E-state index contributed by atoms with van der Waals surface area (Å²) in [6.07, 6.45) is 0.775. The van der Waals surface area contributed by atoms with Gasteiger partial charge in [0.1, 0.15) is 4.83 Å². The second-order valence-corrected chi connectivity index (χ2v) is 3.39. The van der Waals surface area contributed by atoms with E-state index in [0.29, 0.717) is 0 Å². The summed E-state index contributed by atoms with van der Waals surface area (Å²) in [5.41, 5.74) is 1.19. The van der Waals surface area contributed by atoms with Crippen molar-refractivity contribution in [2.24, 2.45) is 0 Å². The molecule has 0 N–H and O–H groups in total. The first-order valence-corrected chi connectivity index (χ1v) is 4.32. The van der Waals surface area contributed by atoms with Crippen molar-refractivity contribution in [1.29, 1.82) is 5.26 Å². The number of halogens is 1. The number of hydrogen-bond donors (Lipinski definition) is 0. The van der Waals surface area contributed by atoms with E-state index in [1.54, 1.807) is 0 Å². The van der Waals surface area contributed by atoms with Crippen LogP contribution in [0.1, 0.15) is 5.56 Å². The maximum absolute atomic E-state index is 8.50. The Hall–Kier alpha value is -0.810. The van der Waals surface area contributed by atoms with Crippen LogP contribution in [-0.4, -0.2) is 4.83 Å². The Kier molecular flexibility index (Phi) is 3.13. The lowest BCUT2D eigenvalue weighted by Gasteiger charge is -1.99. The van der Waals surface area contributed by atoms with E-state index < -0.39 is 0 Å². The summed E-state index contributed by atoms with van der Waals surface area (Å²) >= 11 is 3.25. The van der Waals surface area contributed by atoms with Crippen molar-refractivity contribution in [2.75, 3.05) is 0 Å². The van der Waals surface area contributed by atoms with E-state index in [-0.39, 0.29) is 4.83 Å². The molecule has 0 heterocycles. The highest BCUT2D eigenvalue weighted by Crippen LogP contribution is 2.08. The van der Waals surface area contributed by atoms with Gasteiger partial charge in [-0.25, -0.2) is 0 Å². The van der Waals surface area contributed by atoms with Crippen molar-refractivity contribution in [3.05, 3.63) is 35.9 Å². The zero-order valence-electron chi connectivity index (χ0n) is 6.00. The predicted octanol–water partition coefficient (Wildman–Crippen LogP) is 2.52. The van der Waals surface area contributed by atoms with E-state index in [2.05, 4.69) is 22.0 Å². The van der Waals surface area contributed by atoms with Gasteiger partial charge in [-0.2, -0.15) is 5.26 Å². The first-order valence-electron chi connectivity index (χ1n) is 3.40. The number of hydrogen-bond acceptors (Lipinski definition) is 1. The van der Waals surface area contributed by atoms with Gasteiger partial charge >= 0.3 is 0 Å². The Morgan fingerprint density at radius 3 is 2.55 bits per heavy atom. The lowest BCUT2D eigenvalue weighted by Crippen LogP contribution is -1.97. The van der Waals surface area contributed by atoms with Gasteiger partial charge in [-0.1, -0.05) is 46.3 Å². The van der Waals surface area contributed by atoms with Gasteiger partial charge in [0.05, 0.1) is 6.07 Å². The summed E-state index contributed by atoms with van der Waals surface area (Å²) in [7, 11) is 0. The van der Waals surface area contributed by atoms with Gasteiger partial charge in [0.2, 0.25) is 0 Å². The third-order valence-electron chi connectivity index (χ3n) is 1.40. The highest BCUT2D eigenvalue weighted by atomic mass is 79.9. The Morgan fingerprint density at radius 2 is 2.00 bits per heavy atom. The monoisotopic (exact) mass is 209 g/mol. The molecular formula is C9H8BrN. The van der Waals surface area contributed by atoms with Crippen LogP contribution in [0.2, 0.25) is 0 Å². The number of nitrogens with zero attached hydrogens (tertiary/aromatic N) is 1. The van der Waals surface area contributed by atoms with Crippen molar-refractivity contribution >= 4 is 15.9 Å². The molecule has 1 atom stereocenters. The number of rotatable bonds is 2. The van der Waals surface area contributed by atoms with Crippen LogP contribution in [0.25, 0.3) is 0 Å². The molecule has 0 unspecified atom stereocenters. The van der Waals surface area contributed by atoms with Gasteiger partial charge in [0.15, 0.2) is 0 Å². The van der Waals surface area contributed by atoms with E-state index in [4.69, 9.17) is 5.26 Å². The highest BCUT2D eigenvalue weighted by molar-refractivity contribution is 9.09. The fourth-order valence-electron chi connectivity index (χ4n) is 0.867. The molecule has 1 aromatic carbocycles. The summed E-state index contributed by atoms with van der Waals surface area (Å²) in [6.45, 7) is 0. The third kappa shape index (κ3) is 2.73. The molecule has 11 heavy (non-hydrogen) atoms. The molecule has 2 heteroatoms. The Balaban J connectivity index is 2.60. The van der Waals surface area contributed by atoms with E-state index >= 15 is 0 Å². The quantitative estimate of drug-likeness (QED) is 0.688. The summed E-state index contributed by atoms with van der Waals surface area (Å²) in [6, 6.07) is 12.1. The predicted molar refractivity (Wildman–Crippen MR) is 48.5 cm³/mol. The van der Waals surface area contributed by atoms with Crippen LogP contribution in [0.5, 0.6) is 0 Å². The largest absolute Gasteiger partial charge is 0.197 e. The molecule has 1 rings (SSSR count). The fourth-order valence-corrected chi connectivity index (χ4v) is 1.24. The van der Waals surface area contributed by atoms with Crippen molar-refractivity contribution in [1.82, 2.24) is 0 Å². The molecule has 0 bridgehead atoms. The van der Waals surface area contributed by atoms with Gasteiger partial charge in [0.25, 0.3) is 0 Å². The first kappa shape index (κ1) is 8.29. The molecule has 0 radical (unpaired) electrons. The Labute approximate surface area is 74.8 Å². The molecule has 0 aliphatic heterocycles. The normalized spacial score (nSPS) is 12.0. The lowest BCUT2D eigenvalue weighted by atomic mass is 10.1. The molecule has 0 saturated heterocycles. The minimum atomic E-state index is -0.0649. The maximum Gasteiger partial charge on any atom is 0.105 e. The number of benzene rings is 1. The molecule has 0 aliphatic rings. The van der Waals surface area contributed by atoms with Gasteiger partial charge in [-0.15, -0.1) is 0 Å². The van der Waals surface area contributed by atoms with Gasteiger partial charge in [-0.05, 0) is 12.0 Å². The Morgan fingerprint density at radius 1 is 1.36 bits per heavy atom. The Bertz CT molecular complexity index is 250. The first-order chi connectivity index (χ1) is 5.33. The van der Waals surface area contributed by atoms with Crippen molar-refractivity contribution in [2.45, 2.75) is 11.2 Å². The molecule has 0 amide bonds. The SMILES string of the molecule is N#C[C@H](Br)Cc1ccccc1. The molecule has 0 aromatic heterocycles. The van der Waals surface area contributed by atoms with E-state index in [1.165, 1.54) is 5.56 Å². The smallest absolute Gasteiger partial charge is 0.105 e. The van der Waals surface area contributed by atoms with Crippen LogP contribution in [-0.2, 0) is 6.42 Å². The molecule has 1 nitrogen and oxygen atoms in total. The van der Waals surface area contributed by atoms with Crippen LogP contribution in [0.15, 0.2) is 30.3 Å². The maximum atomic E-state index is 8.50. The summed E-state index contributed by atoms with van der Waals surface area (Å²) in [5, 5.41) is 8.50. The van der Waals surface area contributed by atoms with Crippen LogP contribution in [0, 0.1) is 11.3 Å². The van der Waals surface area contributed by atoms with Gasteiger partial charge in [-0.3, -0.25) is 0 Å². The lowest BCUT2D eigenvalue weighted by molar-refractivity contribution is 1.04. The number of nitriles is 1. The molecule has 0 aliphatic carbocycles. The zero-order valence-corrected chi connectivity index (χ0v) is 7.58. The van der Waals surface area contributed by atoms with Crippen LogP contribution in [0.4, 0.5) is 0 Å². The van der Waals surface area contributed by atoms with E-state index in [0.717, 1.165) is 6.42 Å². The number of alkyl halides is 1. The summed E-state index contributed by atoms with van der Waals surface area (Å²) in [5.74, 6) is 0. The molecule has 0 saturated carbocycles. The van der Waals surface area contributed by atoms with E-state index in [9.17, 15) is 0 Å². The molecule has 1 aromatic rings. The van der Waals surface area contributed by atoms with Crippen LogP contribution in [0.3, 0.4) is 0 Å². The van der Waals surface area contributed by atoms with Crippen molar-refractivity contribution in [3.63, 3.8) is 0 Å². The van der Waals surface area contributed by atoms with Crippen molar-refractivity contribution in [3.8, 4) is 6.07 Å². The van der Waals surface area contributed by atoms with Crippen molar-refractivity contribution < 1.29 is 0 Å². The van der Waals surface area contributed by atoms with Gasteiger partial charge < -0.3 is 0 Å². The second-order valence-electron chi connectivity index (χ2n) is 2.29. The average molecular weight is 210 g/mol. The molecule has 0 fully saturated rings. The van der Waals surface area contributed by atoms with Gasteiger partial charge in [0, 0.05) is 0 Å². The van der Waals surface area contributed by atoms with Crippen LogP contribution >= 0.6 is 15.9 Å². The second kappa shape index (κ2) is 4.15. The molecule has 56 valence electrons. The summed E-state index contributed by atoms with van der Waals surface area (Å²) < 4.78 is 0. The fraction of sp³-hybridized carbons (Fsp3) is 0.222. The zero-order chi connectivity index (χ0) is 8.10. The topological polar surface area (TPSA) is 23.8 Å². The third-order valence-corrected chi connectivity index (χ3v) is 1.93. The molecular weight excluding hydrogens is 202 g/mol. The minimum Gasteiger partial charge on any atom is -0.197 e. The average Bonchev–Trinajstić information content (AvgIpc) is 2.06. The standard InChI is InChI=1S/C9H8BrN/c10-9(7-11)6-8-4-2-1-3-5-8/h1-5,9H,6H2/t9-/m1/s1. The highest BCUT2D eigenvalue weighted by Gasteiger charge is 2.01. The van der Waals surface area contributed by atoms with Crippen LogP contribution < -0.4 is 0 Å². The summed E-state index contributed by atoms with van der Waals surface area (Å²) in [4.78, 5) is -0.0649. The van der Waals surface area contributed by atoms with E-state index in [1.807, 2.05) is 30.3 Å². The molecule has 0 spiro atoms. The minimum absolute atomic E-state index is 0.0649.